The van der Waals surface area contributed by atoms with Gasteiger partial charge in [0.15, 0.2) is 0 Å². The third kappa shape index (κ3) is 3.69. The minimum Gasteiger partial charge on any atom is -0.385 e. The maximum atomic E-state index is 11.2. The molecule has 0 fully saturated rings. The molecule has 2 aliphatic rings. The van der Waals surface area contributed by atoms with Crippen molar-refractivity contribution >= 4 is 21.2 Å². The molecule has 0 aliphatic heterocycles. The van der Waals surface area contributed by atoms with Gasteiger partial charge in [0.05, 0.1) is 14.0 Å². The van der Waals surface area contributed by atoms with Gasteiger partial charge in [0.25, 0.3) is 0 Å². The van der Waals surface area contributed by atoms with Gasteiger partial charge in [-0.15, -0.1) is 12.4 Å². The fourth-order valence-corrected chi connectivity index (χ4v) is 4.69. The molecule has 19 heavy (non-hydrogen) atoms. The predicted molar refractivity (Wildman–Crippen MR) is 84.0 cm³/mol. The SMILES string of the molecule is CC1=CCC(C(O)(C2=CC(C)=CC2)[SiH](C)C)=C1.Cl.[Zr]. The molecular weight excluding hydrogens is 351 g/mol. The van der Waals surface area contributed by atoms with Crippen LogP contribution in [0.15, 0.2) is 46.6 Å². The minimum absolute atomic E-state index is 0. The van der Waals surface area contributed by atoms with E-state index in [2.05, 4.69) is 51.2 Å². The van der Waals surface area contributed by atoms with Gasteiger partial charge in [0.1, 0.15) is 0 Å². The van der Waals surface area contributed by atoms with Crippen molar-refractivity contribution in [2.45, 2.75) is 45.0 Å². The van der Waals surface area contributed by atoms with E-state index in [-0.39, 0.29) is 38.6 Å². The normalized spacial score (nSPS) is 18.2. The fraction of sp³-hybridized carbons (Fsp3) is 0.467. The molecule has 0 saturated carbocycles. The van der Waals surface area contributed by atoms with E-state index in [4.69, 9.17) is 0 Å². The molecule has 0 atom stereocenters. The standard InChI is InChI=1S/C15H22OSi.ClH.Zr/c1-11-5-7-13(9-11)15(16,17(3)4)14-8-6-12(2)10-14;;/h5-6,9-10,16-17H,7-8H2,1-4H3;1H;. The molecule has 0 bridgehead atoms. The second-order valence-corrected chi connectivity index (χ2v) is 8.71. The van der Waals surface area contributed by atoms with Crippen LogP contribution in [0.2, 0.25) is 13.1 Å². The van der Waals surface area contributed by atoms with Gasteiger partial charge < -0.3 is 5.11 Å². The van der Waals surface area contributed by atoms with Crippen LogP contribution in [0.5, 0.6) is 0 Å². The van der Waals surface area contributed by atoms with Crippen molar-refractivity contribution < 1.29 is 31.3 Å². The summed E-state index contributed by atoms with van der Waals surface area (Å²) in [6.07, 6.45) is 10.6. The number of rotatable bonds is 3. The zero-order valence-electron chi connectivity index (χ0n) is 12.2. The van der Waals surface area contributed by atoms with E-state index in [1.165, 1.54) is 22.3 Å². The van der Waals surface area contributed by atoms with Crippen LogP contribution < -0.4 is 0 Å². The molecule has 0 unspecified atom stereocenters. The first-order chi connectivity index (χ1) is 7.94. The smallest absolute Gasteiger partial charge is 0.0925 e. The van der Waals surface area contributed by atoms with E-state index in [9.17, 15) is 5.11 Å². The monoisotopic (exact) mass is 372 g/mol. The van der Waals surface area contributed by atoms with Crippen LogP contribution in [0, 0.1) is 0 Å². The quantitative estimate of drug-likeness (QED) is 0.747. The Morgan fingerprint density at radius 1 is 1.00 bits per heavy atom. The number of allylic oxidation sites excluding steroid dienone is 6. The number of aliphatic hydroxyl groups is 1. The summed E-state index contributed by atoms with van der Waals surface area (Å²) in [5.41, 5.74) is 5.00. The van der Waals surface area contributed by atoms with Crippen molar-refractivity contribution in [3.05, 3.63) is 46.6 Å². The van der Waals surface area contributed by atoms with Gasteiger partial charge >= 0.3 is 0 Å². The largest absolute Gasteiger partial charge is 0.385 e. The fourth-order valence-electron chi connectivity index (χ4n) is 2.81. The Balaban J connectivity index is 0.00000162. The third-order valence-electron chi connectivity index (χ3n) is 3.91. The second-order valence-electron chi connectivity index (χ2n) is 5.56. The first-order valence-electron chi connectivity index (χ1n) is 6.42. The summed E-state index contributed by atoms with van der Waals surface area (Å²) < 4.78 is 0. The molecule has 0 amide bonds. The molecule has 0 heterocycles. The van der Waals surface area contributed by atoms with Crippen molar-refractivity contribution in [1.29, 1.82) is 0 Å². The van der Waals surface area contributed by atoms with Crippen LogP contribution in [0.25, 0.3) is 0 Å². The molecule has 1 N–H and O–H groups in total. The van der Waals surface area contributed by atoms with E-state index in [0.717, 1.165) is 12.8 Å². The Bertz CT molecular complexity index is 425. The molecule has 0 aromatic heterocycles. The van der Waals surface area contributed by atoms with E-state index >= 15 is 0 Å². The maximum Gasteiger partial charge on any atom is 0.0925 e. The van der Waals surface area contributed by atoms with Crippen LogP contribution in [-0.2, 0) is 26.2 Å². The maximum absolute atomic E-state index is 11.2. The molecule has 0 aromatic carbocycles. The van der Waals surface area contributed by atoms with Gasteiger partial charge in [-0.25, -0.2) is 0 Å². The summed E-state index contributed by atoms with van der Waals surface area (Å²) >= 11 is 0. The Kier molecular flexibility index (Phi) is 7.48. The van der Waals surface area contributed by atoms with Crippen LogP contribution in [-0.4, -0.2) is 19.1 Å². The van der Waals surface area contributed by atoms with Crippen LogP contribution in [0.3, 0.4) is 0 Å². The molecule has 104 valence electrons. The summed E-state index contributed by atoms with van der Waals surface area (Å²) in [6, 6.07) is 0. The first kappa shape index (κ1) is 19.3. The van der Waals surface area contributed by atoms with Crippen molar-refractivity contribution in [2.24, 2.45) is 0 Å². The minimum atomic E-state index is -1.21. The Labute approximate surface area is 143 Å². The topological polar surface area (TPSA) is 20.2 Å². The summed E-state index contributed by atoms with van der Waals surface area (Å²) in [7, 11) is -1.21. The van der Waals surface area contributed by atoms with Gasteiger partial charge in [-0.2, -0.15) is 0 Å². The first-order valence-corrected chi connectivity index (χ1v) is 9.31. The molecule has 0 aromatic rings. The van der Waals surface area contributed by atoms with E-state index in [0.29, 0.717) is 0 Å². The molecular formula is C15H23ClOSiZr. The molecule has 2 aliphatic carbocycles. The van der Waals surface area contributed by atoms with Gasteiger partial charge in [-0.1, -0.05) is 48.5 Å². The molecule has 0 saturated heterocycles. The van der Waals surface area contributed by atoms with E-state index < -0.39 is 14.0 Å². The molecule has 0 spiro atoms. The molecule has 4 heteroatoms. The Hall–Kier alpha value is 0.310. The number of hydrogen-bond donors (Lipinski definition) is 1. The Morgan fingerprint density at radius 3 is 1.58 bits per heavy atom. The van der Waals surface area contributed by atoms with E-state index in [1.807, 2.05) is 0 Å². The zero-order valence-corrected chi connectivity index (χ0v) is 16.6. The van der Waals surface area contributed by atoms with Crippen molar-refractivity contribution in [1.82, 2.24) is 0 Å². The summed E-state index contributed by atoms with van der Waals surface area (Å²) in [5.74, 6) is 0. The zero-order chi connectivity index (χ0) is 12.6. The number of halogens is 1. The van der Waals surface area contributed by atoms with Gasteiger partial charge in [-0.05, 0) is 37.8 Å². The molecule has 1 nitrogen and oxygen atoms in total. The summed E-state index contributed by atoms with van der Waals surface area (Å²) in [5, 5.41) is 10.6. The van der Waals surface area contributed by atoms with Crippen LogP contribution in [0.1, 0.15) is 26.7 Å². The predicted octanol–water partition coefficient (Wildman–Crippen LogP) is 3.72. The van der Waals surface area contributed by atoms with Crippen LogP contribution in [0.4, 0.5) is 0 Å². The van der Waals surface area contributed by atoms with Gasteiger partial charge in [0, 0.05) is 26.2 Å². The average Bonchev–Trinajstić information content (AvgIpc) is 2.86. The summed E-state index contributed by atoms with van der Waals surface area (Å²) in [4.78, 5) is 0. The third-order valence-corrected chi connectivity index (χ3v) is 6.32. The van der Waals surface area contributed by atoms with Crippen molar-refractivity contribution in [2.75, 3.05) is 0 Å². The van der Waals surface area contributed by atoms with Gasteiger partial charge in [0.2, 0.25) is 0 Å². The second kappa shape index (κ2) is 7.36. The Morgan fingerprint density at radius 2 is 1.37 bits per heavy atom. The van der Waals surface area contributed by atoms with Crippen molar-refractivity contribution in [3.63, 3.8) is 0 Å². The molecule has 2 rings (SSSR count). The van der Waals surface area contributed by atoms with E-state index in [1.54, 1.807) is 0 Å². The van der Waals surface area contributed by atoms with Gasteiger partial charge in [-0.3, -0.25) is 0 Å². The number of hydrogen-bond acceptors (Lipinski definition) is 1. The summed E-state index contributed by atoms with van der Waals surface area (Å²) in [6.45, 7) is 8.70. The molecule has 0 radical (unpaired) electrons. The average molecular weight is 374 g/mol. The van der Waals surface area contributed by atoms with Crippen molar-refractivity contribution in [3.8, 4) is 0 Å². The van der Waals surface area contributed by atoms with Crippen LogP contribution >= 0.6 is 12.4 Å².